The third-order valence-corrected chi connectivity index (χ3v) is 3.50. The van der Waals surface area contributed by atoms with Crippen molar-refractivity contribution < 1.29 is 8.78 Å². The van der Waals surface area contributed by atoms with Crippen molar-refractivity contribution >= 4 is 11.3 Å². The van der Waals surface area contributed by atoms with E-state index < -0.39 is 17.7 Å². The number of aryl methyl sites for hydroxylation is 1. The number of aromatic nitrogens is 1. The van der Waals surface area contributed by atoms with E-state index in [9.17, 15) is 8.78 Å². The SMILES string of the molecule is Cc1ncsc1C(NN)c1c(F)cccc1F. The van der Waals surface area contributed by atoms with Crippen LogP contribution in [0.4, 0.5) is 8.78 Å². The van der Waals surface area contributed by atoms with Gasteiger partial charge in [0.05, 0.1) is 22.1 Å². The Labute approximate surface area is 101 Å². The van der Waals surface area contributed by atoms with Gasteiger partial charge in [-0.2, -0.15) is 0 Å². The maximum Gasteiger partial charge on any atom is 0.131 e. The highest BCUT2D eigenvalue weighted by atomic mass is 32.1. The van der Waals surface area contributed by atoms with Crippen molar-refractivity contribution in [1.82, 2.24) is 10.4 Å². The largest absolute Gasteiger partial charge is 0.271 e. The lowest BCUT2D eigenvalue weighted by atomic mass is 10.0. The predicted molar refractivity (Wildman–Crippen MR) is 62.4 cm³/mol. The van der Waals surface area contributed by atoms with Gasteiger partial charge in [-0.3, -0.25) is 5.84 Å². The van der Waals surface area contributed by atoms with Crippen molar-refractivity contribution in [3.8, 4) is 0 Å². The van der Waals surface area contributed by atoms with Crippen molar-refractivity contribution in [1.29, 1.82) is 0 Å². The molecule has 0 aliphatic carbocycles. The lowest BCUT2D eigenvalue weighted by Gasteiger charge is -2.16. The summed E-state index contributed by atoms with van der Waals surface area (Å²) in [7, 11) is 0. The Morgan fingerprint density at radius 3 is 2.47 bits per heavy atom. The molecule has 0 saturated carbocycles. The summed E-state index contributed by atoms with van der Waals surface area (Å²) < 4.78 is 27.3. The van der Waals surface area contributed by atoms with E-state index in [2.05, 4.69) is 10.4 Å². The normalized spacial score (nSPS) is 12.7. The molecule has 0 bridgehead atoms. The molecule has 0 saturated heterocycles. The molecular weight excluding hydrogens is 244 g/mol. The lowest BCUT2D eigenvalue weighted by molar-refractivity contribution is 0.512. The van der Waals surface area contributed by atoms with Crippen LogP contribution in [0.3, 0.4) is 0 Å². The molecule has 17 heavy (non-hydrogen) atoms. The van der Waals surface area contributed by atoms with Crippen LogP contribution in [0.15, 0.2) is 23.7 Å². The summed E-state index contributed by atoms with van der Waals surface area (Å²) in [6.45, 7) is 1.77. The van der Waals surface area contributed by atoms with E-state index >= 15 is 0 Å². The van der Waals surface area contributed by atoms with Gasteiger partial charge in [-0.1, -0.05) is 6.07 Å². The number of nitrogens with zero attached hydrogens (tertiary/aromatic N) is 1. The summed E-state index contributed by atoms with van der Waals surface area (Å²) in [6.07, 6.45) is 0. The molecule has 0 radical (unpaired) electrons. The highest BCUT2D eigenvalue weighted by Crippen LogP contribution is 2.30. The second-order valence-corrected chi connectivity index (χ2v) is 4.42. The fourth-order valence-corrected chi connectivity index (χ4v) is 2.53. The minimum atomic E-state index is -0.719. The first-order valence-corrected chi connectivity index (χ1v) is 5.83. The molecule has 1 unspecified atom stereocenters. The predicted octanol–water partition coefficient (Wildman–Crippen LogP) is 2.28. The van der Waals surface area contributed by atoms with Crippen molar-refractivity contribution in [2.75, 3.05) is 0 Å². The number of hydrogen-bond donors (Lipinski definition) is 2. The number of rotatable bonds is 3. The molecule has 0 spiro atoms. The molecule has 0 amide bonds. The minimum Gasteiger partial charge on any atom is -0.271 e. The molecule has 0 aliphatic heterocycles. The molecule has 3 nitrogen and oxygen atoms in total. The van der Waals surface area contributed by atoms with Crippen LogP contribution < -0.4 is 11.3 Å². The summed E-state index contributed by atoms with van der Waals surface area (Å²) in [5.41, 5.74) is 4.68. The third kappa shape index (κ3) is 2.19. The molecule has 3 N–H and O–H groups in total. The Bertz CT molecular complexity index is 507. The van der Waals surface area contributed by atoms with Crippen molar-refractivity contribution in [3.05, 3.63) is 51.5 Å². The molecule has 0 fully saturated rings. The number of nitrogens with two attached hydrogens (primary N) is 1. The van der Waals surface area contributed by atoms with E-state index in [0.717, 1.165) is 0 Å². The quantitative estimate of drug-likeness (QED) is 0.653. The maximum atomic E-state index is 13.7. The average Bonchev–Trinajstić information content (AvgIpc) is 2.70. The summed E-state index contributed by atoms with van der Waals surface area (Å²) >= 11 is 1.31. The molecule has 1 aromatic carbocycles. The third-order valence-electron chi connectivity index (χ3n) is 2.50. The van der Waals surface area contributed by atoms with Crippen LogP contribution in [0, 0.1) is 18.6 Å². The monoisotopic (exact) mass is 255 g/mol. The first-order chi connectivity index (χ1) is 8.15. The molecule has 1 heterocycles. The van der Waals surface area contributed by atoms with Gasteiger partial charge in [-0.25, -0.2) is 19.2 Å². The summed E-state index contributed by atoms with van der Waals surface area (Å²) in [6, 6.07) is 3.02. The highest BCUT2D eigenvalue weighted by molar-refractivity contribution is 7.09. The molecule has 2 rings (SSSR count). The summed E-state index contributed by atoms with van der Waals surface area (Å²) in [5, 5.41) is 0. The van der Waals surface area contributed by atoms with E-state index in [1.807, 2.05) is 0 Å². The van der Waals surface area contributed by atoms with Crippen molar-refractivity contribution in [3.63, 3.8) is 0 Å². The Kier molecular flexibility index (Phi) is 3.46. The van der Waals surface area contributed by atoms with Crippen LogP contribution in [0.2, 0.25) is 0 Å². The fourth-order valence-electron chi connectivity index (χ4n) is 1.66. The number of nitrogens with one attached hydrogen (secondary N) is 1. The minimum absolute atomic E-state index is 0.0812. The molecule has 90 valence electrons. The van der Waals surface area contributed by atoms with E-state index in [-0.39, 0.29) is 5.56 Å². The number of benzene rings is 1. The van der Waals surface area contributed by atoms with E-state index in [0.29, 0.717) is 10.6 Å². The molecule has 2 aromatic rings. The van der Waals surface area contributed by atoms with Crippen molar-refractivity contribution in [2.45, 2.75) is 13.0 Å². The molecular formula is C11H11F2N3S. The standard InChI is InChI=1S/C11H11F2N3S/c1-6-11(17-5-15-6)10(16-14)9-7(12)3-2-4-8(9)13/h2-5,10,16H,14H2,1H3. The van der Waals surface area contributed by atoms with Gasteiger partial charge in [0.1, 0.15) is 11.6 Å². The van der Waals surface area contributed by atoms with Gasteiger partial charge in [0, 0.05) is 5.56 Å². The van der Waals surface area contributed by atoms with Gasteiger partial charge in [0.25, 0.3) is 0 Å². The fraction of sp³-hybridized carbons (Fsp3) is 0.182. The second kappa shape index (κ2) is 4.87. The van der Waals surface area contributed by atoms with Crippen molar-refractivity contribution in [2.24, 2.45) is 5.84 Å². The summed E-state index contributed by atoms with van der Waals surface area (Å²) in [4.78, 5) is 4.75. The zero-order chi connectivity index (χ0) is 12.4. The molecule has 6 heteroatoms. The van der Waals surface area contributed by atoms with E-state index in [1.54, 1.807) is 12.4 Å². The van der Waals surface area contributed by atoms with Crippen LogP contribution in [0.5, 0.6) is 0 Å². The van der Waals surface area contributed by atoms with E-state index in [4.69, 9.17) is 5.84 Å². The first-order valence-electron chi connectivity index (χ1n) is 4.95. The molecule has 1 aromatic heterocycles. The first kappa shape index (κ1) is 12.1. The van der Waals surface area contributed by atoms with Crippen LogP contribution in [0.25, 0.3) is 0 Å². The number of thiazole rings is 1. The van der Waals surface area contributed by atoms with E-state index in [1.165, 1.54) is 29.5 Å². The number of hydrazine groups is 1. The maximum absolute atomic E-state index is 13.7. The Hall–Kier alpha value is -1.37. The molecule has 1 atom stereocenters. The zero-order valence-electron chi connectivity index (χ0n) is 9.08. The zero-order valence-corrected chi connectivity index (χ0v) is 9.89. The second-order valence-electron chi connectivity index (χ2n) is 3.54. The summed E-state index contributed by atoms with van der Waals surface area (Å²) in [5.74, 6) is 4.15. The Morgan fingerprint density at radius 1 is 1.35 bits per heavy atom. The Balaban J connectivity index is 2.53. The highest BCUT2D eigenvalue weighted by Gasteiger charge is 2.23. The molecule has 0 aliphatic rings. The number of hydrogen-bond acceptors (Lipinski definition) is 4. The van der Waals surface area contributed by atoms with Gasteiger partial charge in [-0.15, -0.1) is 11.3 Å². The average molecular weight is 255 g/mol. The van der Waals surface area contributed by atoms with Gasteiger partial charge < -0.3 is 0 Å². The topological polar surface area (TPSA) is 50.9 Å². The van der Waals surface area contributed by atoms with Crippen LogP contribution >= 0.6 is 11.3 Å². The lowest BCUT2D eigenvalue weighted by Crippen LogP contribution is -2.30. The van der Waals surface area contributed by atoms with Gasteiger partial charge in [0.15, 0.2) is 0 Å². The van der Waals surface area contributed by atoms with Crippen LogP contribution in [0.1, 0.15) is 22.2 Å². The van der Waals surface area contributed by atoms with Gasteiger partial charge in [-0.05, 0) is 19.1 Å². The van der Waals surface area contributed by atoms with Crippen LogP contribution in [-0.2, 0) is 0 Å². The van der Waals surface area contributed by atoms with Gasteiger partial charge >= 0.3 is 0 Å². The van der Waals surface area contributed by atoms with Gasteiger partial charge in [0.2, 0.25) is 0 Å². The van der Waals surface area contributed by atoms with Crippen LogP contribution in [-0.4, -0.2) is 4.98 Å². The number of halogens is 2. The smallest absolute Gasteiger partial charge is 0.131 e. The Morgan fingerprint density at radius 2 is 2.00 bits per heavy atom.